The van der Waals surface area contributed by atoms with Crippen LogP contribution in [0.4, 0.5) is 5.69 Å². The van der Waals surface area contributed by atoms with Crippen molar-refractivity contribution in [3.05, 3.63) is 76.8 Å². The maximum atomic E-state index is 12.3. The van der Waals surface area contributed by atoms with Crippen LogP contribution in [0.2, 0.25) is 0 Å². The molecule has 2 N–H and O–H groups in total. The van der Waals surface area contributed by atoms with E-state index in [1.807, 2.05) is 19.1 Å². The molecule has 2 aromatic carbocycles. The highest BCUT2D eigenvalue weighted by molar-refractivity contribution is 9.10. The Labute approximate surface area is 164 Å². The molecule has 0 spiro atoms. The van der Waals surface area contributed by atoms with Gasteiger partial charge in [-0.1, -0.05) is 15.9 Å². The van der Waals surface area contributed by atoms with Gasteiger partial charge in [0.05, 0.1) is 6.54 Å². The molecule has 1 heterocycles. The molecule has 1 atom stereocenters. The zero-order valence-electron chi connectivity index (χ0n) is 14.6. The molecule has 2 amide bonds. The summed E-state index contributed by atoms with van der Waals surface area (Å²) in [6.07, 6.45) is 3.06. The van der Waals surface area contributed by atoms with E-state index in [1.54, 1.807) is 47.4 Å². The first-order valence-electron chi connectivity index (χ1n) is 8.31. The van der Waals surface area contributed by atoms with Crippen molar-refractivity contribution in [1.29, 1.82) is 0 Å². The first-order valence-corrected chi connectivity index (χ1v) is 9.11. The van der Waals surface area contributed by atoms with Gasteiger partial charge in [-0.2, -0.15) is 5.10 Å². The monoisotopic (exact) mass is 427 g/mol. The molecule has 0 aliphatic heterocycles. The van der Waals surface area contributed by atoms with Crippen molar-refractivity contribution >= 4 is 33.4 Å². The molecule has 0 radical (unpaired) electrons. The van der Waals surface area contributed by atoms with Gasteiger partial charge in [0.15, 0.2) is 0 Å². The number of hydrogen-bond acceptors (Lipinski definition) is 4. The Kier molecular flexibility index (Phi) is 5.97. The van der Waals surface area contributed by atoms with Gasteiger partial charge in [-0.15, -0.1) is 0 Å². The SMILES string of the molecule is CC(Cn1cncn1)NC(=O)c1ccc(NC(=O)c2ccc(Br)cc2)cc1. The normalized spacial score (nSPS) is 11.6. The molecule has 138 valence electrons. The van der Waals surface area contributed by atoms with Gasteiger partial charge in [0.25, 0.3) is 11.8 Å². The lowest BCUT2D eigenvalue weighted by atomic mass is 10.1. The third-order valence-electron chi connectivity index (χ3n) is 3.82. The van der Waals surface area contributed by atoms with Crippen molar-refractivity contribution in [2.75, 3.05) is 5.32 Å². The number of aromatic nitrogens is 3. The molecule has 0 saturated carbocycles. The first-order chi connectivity index (χ1) is 13.0. The molecule has 7 nitrogen and oxygen atoms in total. The number of halogens is 1. The summed E-state index contributed by atoms with van der Waals surface area (Å²) in [4.78, 5) is 28.4. The Hall–Kier alpha value is -3.00. The lowest BCUT2D eigenvalue weighted by molar-refractivity contribution is 0.0935. The molecule has 0 fully saturated rings. The summed E-state index contributed by atoms with van der Waals surface area (Å²) in [5, 5.41) is 9.73. The fraction of sp³-hybridized carbons (Fsp3) is 0.158. The molecular weight excluding hydrogens is 410 g/mol. The highest BCUT2D eigenvalue weighted by Gasteiger charge is 2.11. The quantitative estimate of drug-likeness (QED) is 0.632. The first kappa shape index (κ1) is 18.8. The standard InChI is InChI=1S/C19H18BrN5O2/c1-13(10-25-12-21-11-22-25)23-18(26)15-4-8-17(9-5-15)24-19(27)14-2-6-16(20)7-3-14/h2-9,11-13H,10H2,1H3,(H,23,26)(H,24,27). The second kappa shape index (κ2) is 8.59. The average Bonchev–Trinajstić information content (AvgIpc) is 3.15. The van der Waals surface area contributed by atoms with E-state index >= 15 is 0 Å². The van der Waals surface area contributed by atoms with Crippen LogP contribution in [-0.4, -0.2) is 32.6 Å². The third-order valence-corrected chi connectivity index (χ3v) is 4.35. The minimum atomic E-state index is -0.207. The van der Waals surface area contributed by atoms with Crippen LogP contribution in [0.25, 0.3) is 0 Å². The van der Waals surface area contributed by atoms with Gasteiger partial charge < -0.3 is 10.6 Å². The smallest absolute Gasteiger partial charge is 0.255 e. The summed E-state index contributed by atoms with van der Waals surface area (Å²) in [5.74, 6) is -0.394. The van der Waals surface area contributed by atoms with Crippen LogP contribution in [0.1, 0.15) is 27.6 Å². The molecule has 1 aromatic heterocycles. The molecule has 8 heteroatoms. The zero-order valence-corrected chi connectivity index (χ0v) is 16.2. The number of nitrogens with one attached hydrogen (secondary N) is 2. The predicted octanol–water partition coefficient (Wildman–Crippen LogP) is 3.11. The predicted molar refractivity (Wildman–Crippen MR) is 105 cm³/mol. The second-order valence-corrected chi connectivity index (χ2v) is 6.95. The largest absolute Gasteiger partial charge is 0.348 e. The molecule has 3 aromatic rings. The Bertz CT molecular complexity index is 908. The van der Waals surface area contributed by atoms with Crippen molar-refractivity contribution in [2.45, 2.75) is 19.5 Å². The number of carbonyl (C=O) groups is 2. The summed E-state index contributed by atoms with van der Waals surface area (Å²) in [7, 11) is 0. The Balaban J connectivity index is 1.56. The van der Waals surface area contributed by atoms with Gasteiger partial charge in [-0.25, -0.2) is 4.98 Å². The van der Waals surface area contributed by atoms with Crippen molar-refractivity contribution in [3.63, 3.8) is 0 Å². The fourth-order valence-electron chi connectivity index (χ4n) is 2.47. The van der Waals surface area contributed by atoms with Crippen molar-refractivity contribution in [1.82, 2.24) is 20.1 Å². The van der Waals surface area contributed by atoms with E-state index in [4.69, 9.17) is 0 Å². The number of carbonyl (C=O) groups excluding carboxylic acids is 2. The fourth-order valence-corrected chi connectivity index (χ4v) is 2.73. The van der Waals surface area contributed by atoms with Crippen LogP contribution >= 0.6 is 15.9 Å². The molecule has 0 bridgehead atoms. The Morgan fingerprint density at radius 2 is 1.67 bits per heavy atom. The minimum Gasteiger partial charge on any atom is -0.348 e. The lowest BCUT2D eigenvalue weighted by Crippen LogP contribution is -2.35. The molecule has 0 saturated heterocycles. The molecule has 3 rings (SSSR count). The maximum absolute atomic E-state index is 12.3. The summed E-state index contributed by atoms with van der Waals surface area (Å²) in [6, 6.07) is 13.7. The molecular formula is C19H18BrN5O2. The van der Waals surface area contributed by atoms with Gasteiger partial charge >= 0.3 is 0 Å². The number of amides is 2. The number of benzene rings is 2. The van der Waals surface area contributed by atoms with Gasteiger partial charge in [-0.05, 0) is 55.5 Å². The van der Waals surface area contributed by atoms with Crippen molar-refractivity contribution in [3.8, 4) is 0 Å². The molecule has 1 unspecified atom stereocenters. The summed E-state index contributed by atoms with van der Waals surface area (Å²) in [6.45, 7) is 2.43. The third kappa shape index (κ3) is 5.24. The average molecular weight is 428 g/mol. The van der Waals surface area contributed by atoms with Crippen LogP contribution in [0.15, 0.2) is 65.7 Å². The van der Waals surface area contributed by atoms with E-state index in [2.05, 4.69) is 36.6 Å². The summed E-state index contributed by atoms with van der Waals surface area (Å²) in [5.41, 5.74) is 1.69. The molecule has 0 aliphatic rings. The highest BCUT2D eigenvalue weighted by Crippen LogP contribution is 2.14. The molecule has 27 heavy (non-hydrogen) atoms. The van der Waals surface area contributed by atoms with Gasteiger partial charge in [0.1, 0.15) is 12.7 Å². The Morgan fingerprint density at radius 3 is 2.30 bits per heavy atom. The van der Waals surface area contributed by atoms with Gasteiger partial charge in [-0.3, -0.25) is 14.3 Å². The van der Waals surface area contributed by atoms with Crippen LogP contribution < -0.4 is 10.6 Å². The highest BCUT2D eigenvalue weighted by atomic mass is 79.9. The number of hydrogen-bond donors (Lipinski definition) is 2. The van der Waals surface area contributed by atoms with E-state index in [1.165, 1.54) is 6.33 Å². The van der Waals surface area contributed by atoms with E-state index < -0.39 is 0 Å². The van der Waals surface area contributed by atoms with Crippen molar-refractivity contribution in [2.24, 2.45) is 0 Å². The van der Waals surface area contributed by atoms with Gasteiger partial charge in [0, 0.05) is 27.3 Å². The topological polar surface area (TPSA) is 88.9 Å². The lowest BCUT2D eigenvalue weighted by Gasteiger charge is -2.14. The number of rotatable bonds is 6. The molecule has 0 aliphatic carbocycles. The number of nitrogens with zero attached hydrogens (tertiary/aromatic N) is 3. The number of anilines is 1. The van der Waals surface area contributed by atoms with Gasteiger partial charge in [0.2, 0.25) is 0 Å². The van der Waals surface area contributed by atoms with E-state index in [-0.39, 0.29) is 17.9 Å². The van der Waals surface area contributed by atoms with Crippen LogP contribution in [-0.2, 0) is 6.54 Å². The summed E-state index contributed by atoms with van der Waals surface area (Å²) >= 11 is 3.34. The van der Waals surface area contributed by atoms with E-state index in [0.29, 0.717) is 23.4 Å². The van der Waals surface area contributed by atoms with Crippen LogP contribution in [0, 0.1) is 0 Å². The second-order valence-electron chi connectivity index (χ2n) is 6.03. The zero-order chi connectivity index (χ0) is 19.2. The Morgan fingerprint density at radius 1 is 1.04 bits per heavy atom. The maximum Gasteiger partial charge on any atom is 0.255 e. The van der Waals surface area contributed by atoms with Crippen molar-refractivity contribution < 1.29 is 9.59 Å². The van der Waals surface area contributed by atoms with Crippen LogP contribution in [0.3, 0.4) is 0 Å². The van der Waals surface area contributed by atoms with E-state index in [0.717, 1.165) is 4.47 Å². The van der Waals surface area contributed by atoms with E-state index in [9.17, 15) is 9.59 Å². The van der Waals surface area contributed by atoms with Crippen LogP contribution in [0.5, 0.6) is 0 Å². The summed E-state index contributed by atoms with van der Waals surface area (Å²) < 4.78 is 2.57. The minimum absolute atomic E-state index is 0.101.